The lowest BCUT2D eigenvalue weighted by molar-refractivity contribution is 0.0964. The van der Waals surface area contributed by atoms with Crippen LogP contribution in [0.1, 0.15) is 40.0 Å². The minimum absolute atomic E-state index is 0.440. The van der Waals surface area contributed by atoms with E-state index in [4.69, 9.17) is 0 Å². The average molecular weight is 220 g/mol. The first-order valence-corrected chi connectivity index (χ1v) is 6.08. The van der Waals surface area contributed by atoms with Crippen molar-refractivity contribution in [2.75, 3.05) is 0 Å². The van der Waals surface area contributed by atoms with Crippen molar-refractivity contribution >= 4 is 0 Å². The third-order valence-electron chi connectivity index (χ3n) is 3.80. The molecule has 0 saturated heterocycles. The van der Waals surface area contributed by atoms with Crippen LogP contribution in [0.3, 0.4) is 0 Å². The Hall–Kier alpha value is -0.820. The maximum Gasteiger partial charge on any atom is 0.0797 e. The maximum atomic E-state index is 9.93. The topological polar surface area (TPSA) is 20.2 Å². The van der Waals surface area contributed by atoms with Crippen molar-refractivity contribution in [3.8, 4) is 0 Å². The van der Waals surface area contributed by atoms with Crippen molar-refractivity contribution in [3.05, 3.63) is 36.5 Å². The second kappa shape index (κ2) is 5.01. The van der Waals surface area contributed by atoms with Crippen molar-refractivity contribution in [2.45, 2.75) is 45.6 Å². The Morgan fingerprint density at radius 1 is 1.62 bits per heavy atom. The smallest absolute Gasteiger partial charge is 0.0797 e. The van der Waals surface area contributed by atoms with Gasteiger partial charge in [0.25, 0.3) is 0 Å². The monoisotopic (exact) mass is 220 g/mol. The van der Waals surface area contributed by atoms with E-state index in [1.54, 1.807) is 6.08 Å². The Kier molecular flexibility index (Phi) is 4.15. The van der Waals surface area contributed by atoms with E-state index in [-0.39, 0.29) is 0 Å². The molecular weight excluding hydrogens is 196 g/mol. The van der Waals surface area contributed by atoms with Crippen molar-refractivity contribution in [1.82, 2.24) is 0 Å². The van der Waals surface area contributed by atoms with Gasteiger partial charge in [-0.25, -0.2) is 0 Å². The zero-order valence-electron chi connectivity index (χ0n) is 10.8. The molecule has 0 heterocycles. The molecule has 16 heavy (non-hydrogen) atoms. The number of allylic oxidation sites excluding steroid dienone is 3. The van der Waals surface area contributed by atoms with E-state index < -0.39 is 5.60 Å². The molecule has 1 heteroatoms. The molecule has 0 unspecified atom stereocenters. The van der Waals surface area contributed by atoms with Crippen LogP contribution in [-0.4, -0.2) is 10.7 Å². The zero-order valence-corrected chi connectivity index (χ0v) is 10.8. The molecule has 1 aliphatic rings. The van der Waals surface area contributed by atoms with Crippen LogP contribution >= 0.6 is 0 Å². The molecule has 0 aromatic carbocycles. The molecule has 0 aromatic heterocycles. The summed E-state index contributed by atoms with van der Waals surface area (Å²) >= 11 is 0. The van der Waals surface area contributed by atoms with Gasteiger partial charge in [0.15, 0.2) is 0 Å². The van der Waals surface area contributed by atoms with Gasteiger partial charge < -0.3 is 5.11 Å². The predicted molar refractivity (Wildman–Crippen MR) is 70.2 cm³/mol. The van der Waals surface area contributed by atoms with Crippen molar-refractivity contribution in [2.24, 2.45) is 11.8 Å². The fourth-order valence-corrected chi connectivity index (χ4v) is 2.24. The summed E-state index contributed by atoms with van der Waals surface area (Å²) < 4.78 is 0. The molecule has 90 valence electrons. The molecule has 1 N–H and O–H groups in total. The predicted octanol–water partition coefficient (Wildman–Crippen LogP) is 3.86. The number of rotatable bonds is 4. The fourth-order valence-electron chi connectivity index (χ4n) is 2.24. The summed E-state index contributed by atoms with van der Waals surface area (Å²) in [5, 5.41) is 9.93. The molecule has 3 atom stereocenters. The van der Waals surface area contributed by atoms with Gasteiger partial charge in [-0.05, 0) is 39.0 Å². The van der Waals surface area contributed by atoms with Crippen LogP contribution in [0, 0.1) is 11.8 Å². The van der Waals surface area contributed by atoms with Crippen LogP contribution in [0.2, 0.25) is 0 Å². The van der Waals surface area contributed by atoms with Gasteiger partial charge in [0.1, 0.15) is 0 Å². The number of aliphatic hydroxyl groups is 1. The normalized spacial score (nSPS) is 29.5. The molecule has 0 bridgehead atoms. The average Bonchev–Trinajstić information content (AvgIpc) is 2.24. The quantitative estimate of drug-likeness (QED) is 0.713. The van der Waals surface area contributed by atoms with Crippen LogP contribution in [0.5, 0.6) is 0 Å². The second-order valence-electron chi connectivity index (χ2n) is 5.31. The molecular formula is C15H24O. The molecule has 0 saturated carbocycles. The number of hydrogen-bond donors (Lipinski definition) is 1. The summed E-state index contributed by atoms with van der Waals surface area (Å²) in [6, 6.07) is 0. The molecule has 1 nitrogen and oxygen atoms in total. The Bertz CT molecular complexity index is 309. The van der Waals surface area contributed by atoms with E-state index in [1.165, 1.54) is 11.1 Å². The highest BCUT2D eigenvalue weighted by atomic mass is 16.3. The summed E-state index contributed by atoms with van der Waals surface area (Å²) in [5.41, 5.74) is 1.98. The third kappa shape index (κ3) is 3.08. The van der Waals surface area contributed by atoms with Crippen LogP contribution in [0.4, 0.5) is 0 Å². The van der Waals surface area contributed by atoms with E-state index >= 15 is 0 Å². The molecule has 0 spiro atoms. The SMILES string of the molecule is C=C[C@@](C)(O)CC[C@H]1C(=C)[C@H](C)CC=C1C. The lowest BCUT2D eigenvalue weighted by Gasteiger charge is -2.31. The minimum atomic E-state index is -0.749. The molecule has 1 rings (SSSR count). The number of hydrogen-bond acceptors (Lipinski definition) is 1. The molecule has 0 aliphatic heterocycles. The van der Waals surface area contributed by atoms with Gasteiger partial charge in [-0.2, -0.15) is 0 Å². The Balaban J connectivity index is 2.66. The highest BCUT2D eigenvalue weighted by Crippen LogP contribution is 2.36. The van der Waals surface area contributed by atoms with E-state index in [9.17, 15) is 5.11 Å². The van der Waals surface area contributed by atoms with Crippen LogP contribution < -0.4 is 0 Å². The molecule has 0 aromatic rings. The van der Waals surface area contributed by atoms with Crippen molar-refractivity contribution < 1.29 is 5.11 Å². The highest BCUT2D eigenvalue weighted by molar-refractivity contribution is 5.24. The Morgan fingerprint density at radius 2 is 2.25 bits per heavy atom. The summed E-state index contributed by atoms with van der Waals surface area (Å²) in [6.07, 6.45) is 6.76. The third-order valence-corrected chi connectivity index (χ3v) is 3.80. The Morgan fingerprint density at radius 3 is 2.81 bits per heavy atom. The molecule has 0 radical (unpaired) electrons. The lowest BCUT2D eigenvalue weighted by atomic mass is 9.75. The van der Waals surface area contributed by atoms with Gasteiger partial charge in [0.2, 0.25) is 0 Å². The Labute approximate surface area is 99.6 Å². The van der Waals surface area contributed by atoms with Crippen molar-refractivity contribution in [3.63, 3.8) is 0 Å². The lowest BCUT2D eigenvalue weighted by Crippen LogP contribution is -2.24. The van der Waals surface area contributed by atoms with E-state index in [0.717, 1.165) is 19.3 Å². The van der Waals surface area contributed by atoms with Crippen LogP contribution in [0.15, 0.2) is 36.5 Å². The van der Waals surface area contributed by atoms with Crippen molar-refractivity contribution in [1.29, 1.82) is 0 Å². The largest absolute Gasteiger partial charge is 0.386 e. The molecule has 0 fully saturated rings. The van der Waals surface area contributed by atoms with E-state index in [1.807, 2.05) is 6.92 Å². The van der Waals surface area contributed by atoms with Crippen LogP contribution in [-0.2, 0) is 0 Å². The zero-order chi connectivity index (χ0) is 12.3. The summed E-state index contributed by atoms with van der Waals surface area (Å²) in [7, 11) is 0. The van der Waals surface area contributed by atoms with Gasteiger partial charge in [-0.3, -0.25) is 0 Å². The van der Waals surface area contributed by atoms with Gasteiger partial charge in [-0.1, -0.05) is 36.8 Å². The first-order valence-electron chi connectivity index (χ1n) is 6.08. The standard InChI is InChI=1S/C15H24O/c1-6-15(5,16)10-9-14-12(3)8-7-11(2)13(14)4/h6,8,11,14,16H,1,4,7,9-10H2,2-3,5H3/t11-,14-,15-/m1/s1. The van der Waals surface area contributed by atoms with Crippen LogP contribution in [0.25, 0.3) is 0 Å². The summed E-state index contributed by atoms with van der Waals surface area (Å²) in [5.74, 6) is 1.01. The van der Waals surface area contributed by atoms with E-state index in [0.29, 0.717) is 11.8 Å². The molecule has 0 amide bonds. The van der Waals surface area contributed by atoms with Gasteiger partial charge in [-0.15, -0.1) is 6.58 Å². The first kappa shape index (κ1) is 13.2. The van der Waals surface area contributed by atoms with Gasteiger partial charge >= 0.3 is 0 Å². The fraction of sp³-hybridized carbons (Fsp3) is 0.600. The van der Waals surface area contributed by atoms with E-state index in [2.05, 4.69) is 33.1 Å². The second-order valence-corrected chi connectivity index (χ2v) is 5.31. The minimum Gasteiger partial charge on any atom is -0.386 e. The van der Waals surface area contributed by atoms with Gasteiger partial charge in [0.05, 0.1) is 5.60 Å². The first-order chi connectivity index (χ1) is 7.37. The highest BCUT2D eigenvalue weighted by Gasteiger charge is 2.25. The summed E-state index contributed by atoms with van der Waals surface area (Å²) in [4.78, 5) is 0. The summed E-state index contributed by atoms with van der Waals surface area (Å²) in [6.45, 7) is 14.1. The molecule has 1 aliphatic carbocycles. The maximum absolute atomic E-state index is 9.93. The van der Waals surface area contributed by atoms with Gasteiger partial charge in [0, 0.05) is 5.92 Å².